The van der Waals surface area contributed by atoms with E-state index in [4.69, 9.17) is 5.26 Å². The highest BCUT2D eigenvalue weighted by molar-refractivity contribution is 7.99. The van der Waals surface area contributed by atoms with Crippen molar-refractivity contribution in [2.75, 3.05) is 5.75 Å². The summed E-state index contributed by atoms with van der Waals surface area (Å²) in [5, 5.41) is 9.16. The van der Waals surface area contributed by atoms with E-state index in [9.17, 15) is 4.79 Å². The number of hydrogen-bond donors (Lipinski definition) is 1. The zero-order valence-electron chi connectivity index (χ0n) is 7.12. The Morgan fingerprint density at radius 3 is 3.08 bits per heavy atom. The molecule has 0 aromatic carbocycles. The molecule has 0 bridgehead atoms. The van der Waals surface area contributed by atoms with Crippen LogP contribution in [0, 0.1) is 11.3 Å². The van der Waals surface area contributed by atoms with Gasteiger partial charge in [0.05, 0.1) is 11.1 Å². The number of aromatic amines is 1. The van der Waals surface area contributed by atoms with Crippen molar-refractivity contribution in [1.29, 1.82) is 5.26 Å². The lowest BCUT2D eigenvalue weighted by Gasteiger charge is -1.97. The van der Waals surface area contributed by atoms with Gasteiger partial charge in [-0.3, -0.25) is 4.79 Å². The van der Waals surface area contributed by atoms with Crippen molar-refractivity contribution in [2.24, 2.45) is 0 Å². The molecule has 0 aliphatic carbocycles. The van der Waals surface area contributed by atoms with Gasteiger partial charge in [-0.1, -0.05) is 6.07 Å². The van der Waals surface area contributed by atoms with E-state index in [0.717, 1.165) is 17.2 Å². The summed E-state index contributed by atoms with van der Waals surface area (Å²) < 4.78 is 0. The maximum atomic E-state index is 10.9. The summed E-state index contributed by atoms with van der Waals surface area (Å²) >= 11 is 1.57. The predicted octanol–water partition coefficient (Wildman–Crippen LogP) is 1.77. The second-order valence-electron chi connectivity index (χ2n) is 2.49. The lowest BCUT2D eigenvalue weighted by atomic mass is 10.4. The number of nitrogens with zero attached hydrogens (tertiary/aromatic N) is 1. The van der Waals surface area contributed by atoms with Gasteiger partial charge in [-0.2, -0.15) is 5.26 Å². The minimum atomic E-state index is -0.0784. The summed E-state index contributed by atoms with van der Waals surface area (Å²) in [4.78, 5) is 13.6. The summed E-state index contributed by atoms with van der Waals surface area (Å²) in [7, 11) is 0. The number of hydrogen-bond acceptors (Lipinski definition) is 3. The molecule has 0 aliphatic rings. The van der Waals surface area contributed by atoms with Crippen molar-refractivity contribution in [3.05, 3.63) is 28.6 Å². The molecular formula is C9H10N2OS. The molecule has 1 rings (SSSR count). The Morgan fingerprint density at radius 1 is 1.54 bits per heavy atom. The topological polar surface area (TPSA) is 56.6 Å². The fourth-order valence-corrected chi connectivity index (χ4v) is 1.70. The SMILES string of the molecule is N#CCCCSc1cccc(=O)[nH]1. The van der Waals surface area contributed by atoms with E-state index in [1.165, 1.54) is 6.07 Å². The molecule has 0 radical (unpaired) electrons. The van der Waals surface area contributed by atoms with E-state index in [-0.39, 0.29) is 5.56 Å². The third-order valence-corrected chi connectivity index (χ3v) is 2.47. The molecule has 0 saturated heterocycles. The number of H-pyrrole nitrogens is 1. The molecule has 68 valence electrons. The van der Waals surface area contributed by atoms with E-state index in [2.05, 4.69) is 11.1 Å². The molecule has 1 aromatic rings. The van der Waals surface area contributed by atoms with Gasteiger partial charge in [0, 0.05) is 18.2 Å². The Labute approximate surface area is 80.8 Å². The van der Waals surface area contributed by atoms with E-state index in [1.54, 1.807) is 17.8 Å². The number of aromatic nitrogens is 1. The number of nitriles is 1. The summed E-state index contributed by atoms with van der Waals surface area (Å²) in [6.45, 7) is 0. The van der Waals surface area contributed by atoms with Gasteiger partial charge in [0.1, 0.15) is 0 Å². The lowest BCUT2D eigenvalue weighted by molar-refractivity contribution is 0.975. The van der Waals surface area contributed by atoms with Crippen LogP contribution in [-0.2, 0) is 0 Å². The van der Waals surface area contributed by atoms with Gasteiger partial charge in [0.2, 0.25) is 5.56 Å². The molecule has 1 aromatic heterocycles. The second-order valence-corrected chi connectivity index (χ2v) is 3.63. The molecule has 0 saturated carbocycles. The average Bonchev–Trinajstić information content (AvgIpc) is 2.13. The molecule has 0 aliphatic heterocycles. The van der Waals surface area contributed by atoms with Crippen LogP contribution < -0.4 is 5.56 Å². The van der Waals surface area contributed by atoms with Crippen LogP contribution in [0.3, 0.4) is 0 Å². The molecule has 1 heterocycles. The number of pyridine rings is 1. The number of rotatable bonds is 4. The van der Waals surface area contributed by atoms with E-state index in [1.807, 2.05) is 6.07 Å². The van der Waals surface area contributed by atoms with Crippen LogP contribution in [-0.4, -0.2) is 10.7 Å². The van der Waals surface area contributed by atoms with Crippen molar-refractivity contribution in [1.82, 2.24) is 4.98 Å². The van der Waals surface area contributed by atoms with Crippen LogP contribution in [0.25, 0.3) is 0 Å². The van der Waals surface area contributed by atoms with Crippen LogP contribution in [0.1, 0.15) is 12.8 Å². The monoisotopic (exact) mass is 194 g/mol. The predicted molar refractivity (Wildman–Crippen MR) is 52.6 cm³/mol. The van der Waals surface area contributed by atoms with Gasteiger partial charge in [0.15, 0.2) is 0 Å². The second kappa shape index (κ2) is 5.44. The minimum absolute atomic E-state index is 0.0784. The Morgan fingerprint density at radius 2 is 2.38 bits per heavy atom. The molecule has 0 spiro atoms. The van der Waals surface area contributed by atoms with E-state index >= 15 is 0 Å². The quantitative estimate of drug-likeness (QED) is 0.587. The summed E-state index contributed by atoms with van der Waals surface area (Å²) in [5.74, 6) is 0.869. The first-order valence-electron chi connectivity index (χ1n) is 4.02. The zero-order valence-corrected chi connectivity index (χ0v) is 7.93. The van der Waals surface area contributed by atoms with Crippen LogP contribution in [0.4, 0.5) is 0 Å². The maximum Gasteiger partial charge on any atom is 0.248 e. The highest BCUT2D eigenvalue weighted by atomic mass is 32.2. The molecule has 13 heavy (non-hydrogen) atoms. The van der Waals surface area contributed by atoms with Crippen LogP contribution in [0.5, 0.6) is 0 Å². The van der Waals surface area contributed by atoms with Crippen molar-refractivity contribution >= 4 is 11.8 Å². The minimum Gasteiger partial charge on any atom is -0.317 e. The van der Waals surface area contributed by atoms with Gasteiger partial charge >= 0.3 is 0 Å². The molecular weight excluding hydrogens is 184 g/mol. The first-order valence-corrected chi connectivity index (χ1v) is 5.00. The molecule has 1 N–H and O–H groups in total. The van der Waals surface area contributed by atoms with Gasteiger partial charge in [0.25, 0.3) is 0 Å². The fraction of sp³-hybridized carbons (Fsp3) is 0.333. The Bertz CT molecular complexity index is 353. The normalized spacial score (nSPS) is 9.46. The highest BCUT2D eigenvalue weighted by Gasteiger charge is 1.93. The Balaban J connectivity index is 2.38. The standard InChI is InChI=1S/C9H10N2OS/c10-6-1-2-7-13-9-5-3-4-8(12)11-9/h3-5H,1-2,7H2,(H,11,12). The lowest BCUT2D eigenvalue weighted by Crippen LogP contribution is -2.02. The number of thioether (sulfide) groups is 1. The Kier molecular flexibility index (Phi) is 4.13. The zero-order chi connectivity index (χ0) is 9.52. The van der Waals surface area contributed by atoms with Gasteiger partial charge in [-0.05, 0) is 12.5 Å². The number of nitrogens with one attached hydrogen (secondary N) is 1. The summed E-state index contributed by atoms with van der Waals surface area (Å²) in [5.41, 5.74) is -0.0784. The van der Waals surface area contributed by atoms with Crippen molar-refractivity contribution in [3.63, 3.8) is 0 Å². The Hall–Kier alpha value is -1.21. The smallest absolute Gasteiger partial charge is 0.248 e. The summed E-state index contributed by atoms with van der Waals surface area (Å²) in [6.07, 6.45) is 1.43. The largest absolute Gasteiger partial charge is 0.317 e. The molecule has 4 heteroatoms. The van der Waals surface area contributed by atoms with Crippen LogP contribution >= 0.6 is 11.8 Å². The molecule has 0 atom stereocenters. The molecule has 0 amide bonds. The van der Waals surface area contributed by atoms with Gasteiger partial charge in [-0.25, -0.2) is 0 Å². The summed E-state index contributed by atoms with van der Waals surface area (Å²) in [6, 6.07) is 7.15. The van der Waals surface area contributed by atoms with Crippen molar-refractivity contribution in [2.45, 2.75) is 17.9 Å². The fourth-order valence-electron chi connectivity index (χ4n) is 0.845. The van der Waals surface area contributed by atoms with Gasteiger partial charge < -0.3 is 4.98 Å². The number of unbranched alkanes of at least 4 members (excludes halogenated alkanes) is 1. The van der Waals surface area contributed by atoms with Crippen molar-refractivity contribution in [3.8, 4) is 6.07 Å². The van der Waals surface area contributed by atoms with Crippen molar-refractivity contribution < 1.29 is 0 Å². The van der Waals surface area contributed by atoms with E-state index < -0.39 is 0 Å². The van der Waals surface area contributed by atoms with Crippen LogP contribution in [0.15, 0.2) is 28.0 Å². The molecule has 0 unspecified atom stereocenters. The molecule has 0 fully saturated rings. The first-order chi connectivity index (χ1) is 6.33. The molecule has 3 nitrogen and oxygen atoms in total. The first kappa shape index (κ1) is 9.87. The highest BCUT2D eigenvalue weighted by Crippen LogP contribution is 2.14. The third kappa shape index (κ3) is 3.81. The average molecular weight is 194 g/mol. The third-order valence-electron chi connectivity index (χ3n) is 1.43. The maximum absolute atomic E-state index is 10.9. The van der Waals surface area contributed by atoms with Gasteiger partial charge in [-0.15, -0.1) is 11.8 Å². The van der Waals surface area contributed by atoms with Crippen LogP contribution in [0.2, 0.25) is 0 Å². The van der Waals surface area contributed by atoms with E-state index in [0.29, 0.717) is 6.42 Å².